The van der Waals surface area contributed by atoms with Crippen LogP contribution in [0.3, 0.4) is 0 Å². The molecule has 0 aliphatic rings. The Morgan fingerprint density at radius 1 is 0.556 bits per heavy atom. The van der Waals surface area contributed by atoms with E-state index in [-0.39, 0.29) is 0 Å². The van der Waals surface area contributed by atoms with Crippen LogP contribution in [0.4, 0.5) is 57.1 Å². The largest absolute Gasteiger partial charge is 0.460 e. The second-order valence-electron chi connectivity index (χ2n) is 5.23. The number of alkyl halides is 13. The van der Waals surface area contributed by atoms with E-state index in [4.69, 9.17) is 0 Å². The molecule has 1 aromatic carbocycles. The molecular weight excluding hydrogens is 435 g/mol. The molecular formula is C13H7F13S. The minimum Gasteiger partial charge on any atom is -0.192 e. The Kier molecular flexibility index (Phi) is 5.81. The molecule has 0 heterocycles. The van der Waals surface area contributed by atoms with E-state index in [1.807, 2.05) is 0 Å². The van der Waals surface area contributed by atoms with Crippen molar-refractivity contribution in [1.82, 2.24) is 0 Å². The first-order chi connectivity index (χ1) is 11.7. The van der Waals surface area contributed by atoms with Gasteiger partial charge < -0.3 is 0 Å². The van der Waals surface area contributed by atoms with Crippen molar-refractivity contribution in [1.29, 1.82) is 0 Å². The summed E-state index contributed by atoms with van der Waals surface area (Å²) in [6.07, 6.45) is -7.41. The zero-order chi connectivity index (χ0) is 21.7. The average Bonchev–Trinajstić information content (AvgIpc) is 2.47. The molecule has 156 valence electrons. The lowest BCUT2D eigenvalue weighted by atomic mass is 9.98. The number of aryl methyl sites for hydroxylation is 1. The van der Waals surface area contributed by atoms with Gasteiger partial charge in [0.15, 0.2) is 0 Å². The highest BCUT2D eigenvalue weighted by atomic mass is 32.2. The molecule has 0 bridgehead atoms. The number of hydrogen-bond acceptors (Lipinski definition) is 1. The Labute approximate surface area is 146 Å². The van der Waals surface area contributed by atoms with Crippen molar-refractivity contribution < 1.29 is 57.1 Å². The normalized spacial score (nSPS) is 15.2. The maximum atomic E-state index is 13.6. The fraction of sp³-hybridized carbons (Fsp3) is 0.538. The molecule has 0 N–H and O–H groups in total. The smallest absolute Gasteiger partial charge is 0.192 e. The number of hydrogen-bond donors (Lipinski definition) is 0. The highest BCUT2D eigenvalue weighted by Gasteiger charge is 2.90. The van der Waals surface area contributed by atoms with Gasteiger partial charge >= 0.3 is 35.1 Å². The van der Waals surface area contributed by atoms with Crippen LogP contribution in [0.2, 0.25) is 0 Å². The first kappa shape index (κ1) is 23.7. The van der Waals surface area contributed by atoms with Crippen LogP contribution in [0.1, 0.15) is 5.56 Å². The molecule has 0 aromatic heterocycles. The topological polar surface area (TPSA) is 0 Å². The van der Waals surface area contributed by atoms with E-state index >= 15 is 0 Å². The van der Waals surface area contributed by atoms with Gasteiger partial charge in [-0.25, -0.2) is 0 Å². The zero-order valence-corrected chi connectivity index (χ0v) is 13.4. The molecule has 0 atom stereocenters. The highest BCUT2D eigenvalue weighted by Crippen LogP contribution is 2.62. The molecule has 0 amide bonds. The third-order valence-electron chi connectivity index (χ3n) is 3.17. The predicted molar refractivity (Wildman–Crippen MR) is 67.8 cm³/mol. The van der Waals surface area contributed by atoms with E-state index in [0.717, 1.165) is 12.1 Å². The second-order valence-corrected chi connectivity index (χ2v) is 6.42. The summed E-state index contributed by atoms with van der Waals surface area (Å²) < 4.78 is 168. The molecule has 0 saturated heterocycles. The Morgan fingerprint density at radius 3 is 1.30 bits per heavy atom. The van der Waals surface area contributed by atoms with Gasteiger partial charge in [-0.1, -0.05) is 17.7 Å². The molecule has 0 saturated carbocycles. The summed E-state index contributed by atoms with van der Waals surface area (Å²) >= 11 is -1.40. The Bertz CT molecular complexity index is 660. The number of benzene rings is 1. The molecule has 14 heteroatoms. The van der Waals surface area contributed by atoms with E-state index in [9.17, 15) is 57.1 Å². The molecule has 0 radical (unpaired) electrons. The van der Waals surface area contributed by atoms with Crippen LogP contribution in [0, 0.1) is 6.92 Å². The van der Waals surface area contributed by atoms with Crippen molar-refractivity contribution in [3.63, 3.8) is 0 Å². The van der Waals surface area contributed by atoms with Crippen LogP contribution in [0.5, 0.6) is 0 Å². The zero-order valence-electron chi connectivity index (χ0n) is 12.6. The molecule has 0 nitrogen and oxygen atoms in total. The van der Waals surface area contributed by atoms with Crippen LogP contribution in [0.15, 0.2) is 29.2 Å². The third kappa shape index (κ3) is 3.68. The Hall–Kier alpha value is -1.34. The average molecular weight is 442 g/mol. The van der Waals surface area contributed by atoms with Crippen molar-refractivity contribution in [2.24, 2.45) is 0 Å². The number of halogens is 13. The molecule has 27 heavy (non-hydrogen) atoms. The minimum atomic E-state index is -7.88. The Morgan fingerprint density at radius 2 is 0.926 bits per heavy atom. The van der Waals surface area contributed by atoms with Gasteiger partial charge in [0.05, 0.1) is 0 Å². The van der Waals surface area contributed by atoms with E-state index in [1.165, 1.54) is 6.92 Å². The van der Waals surface area contributed by atoms with Gasteiger partial charge in [-0.05, 0) is 30.8 Å². The molecule has 0 aliphatic heterocycles. The van der Waals surface area contributed by atoms with Crippen molar-refractivity contribution in [3.05, 3.63) is 29.8 Å². The van der Waals surface area contributed by atoms with E-state index in [0.29, 0.717) is 17.7 Å². The fourth-order valence-corrected chi connectivity index (χ4v) is 2.40. The van der Waals surface area contributed by atoms with Gasteiger partial charge in [0.1, 0.15) is 0 Å². The van der Waals surface area contributed by atoms with Crippen molar-refractivity contribution in [3.8, 4) is 0 Å². The molecule has 0 aliphatic carbocycles. The summed E-state index contributed by atoms with van der Waals surface area (Å²) in [5.41, 5.74) is 0.399. The maximum Gasteiger partial charge on any atom is 0.460 e. The van der Waals surface area contributed by atoms with Gasteiger partial charge in [0, 0.05) is 4.90 Å². The van der Waals surface area contributed by atoms with Gasteiger partial charge in [-0.3, -0.25) is 0 Å². The van der Waals surface area contributed by atoms with Crippen LogP contribution in [0.25, 0.3) is 0 Å². The lowest BCUT2D eigenvalue weighted by molar-refractivity contribution is -0.433. The van der Waals surface area contributed by atoms with Gasteiger partial charge in [-0.2, -0.15) is 57.1 Å². The quantitative estimate of drug-likeness (QED) is 0.346. The third-order valence-corrected chi connectivity index (χ3v) is 4.19. The van der Waals surface area contributed by atoms with Crippen molar-refractivity contribution >= 4 is 11.8 Å². The van der Waals surface area contributed by atoms with Crippen LogP contribution in [-0.2, 0) is 0 Å². The predicted octanol–water partition coefficient (Wildman–Crippen LogP) is 6.78. The number of rotatable bonds is 6. The fourth-order valence-electron chi connectivity index (χ4n) is 1.57. The SMILES string of the molecule is Cc1ccc(SC(F)(F)C(F)(F)C(F)(F)C(F)(F)C(F)(F)C(F)(F)F)cc1. The molecule has 0 spiro atoms. The monoisotopic (exact) mass is 442 g/mol. The standard InChI is InChI=1S/C13H7F13S/c1-6-2-4-7(5-3-6)27-13(25,26)11(20,21)9(16,17)8(14,15)10(18,19)12(22,23)24/h2-5H,1H3. The maximum absolute atomic E-state index is 13.6. The summed E-state index contributed by atoms with van der Waals surface area (Å²) in [4.78, 5) is -0.855. The van der Waals surface area contributed by atoms with Crippen molar-refractivity contribution in [2.45, 2.75) is 46.9 Å². The van der Waals surface area contributed by atoms with Crippen LogP contribution in [-0.4, -0.2) is 35.1 Å². The summed E-state index contributed by atoms with van der Waals surface area (Å²) in [7, 11) is 0. The van der Waals surface area contributed by atoms with Gasteiger partial charge in [-0.15, -0.1) is 0 Å². The molecule has 1 rings (SSSR count). The lowest BCUT2D eigenvalue weighted by Gasteiger charge is -2.39. The van der Waals surface area contributed by atoms with Crippen LogP contribution >= 0.6 is 11.8 Å². The minimum absolute atomic E-state index is 0.399. The van der Waals surface area contributed by atoms with Crippen molar-refractivity contribution in [2.75, 3.05) is 0 Å². The Balaban J connectivity index is 3.38. The summed E-state index contributed by atoms with van der Waals surface area (Å²) in [6, 6.07) is 3.48. The summed E-state index contributed by atoms with van der Waals surface area (Å²) in [5.74, 6) is -30.6. The van der Waals surface area contributed by atoms with Gasteiger partial charge in [0.2, 0.25) is 0 Å². The number of thioether (sulfide) groups is 1. The van der Waals surface area contributed by atoms with Crippen LogP contribution < -0.4 is 0 Å². The van der Waals surface area contributed by atoms with Gasteiger partial charge in [0.25, 0.3) is 0 Å². The summed E-state index contributed by atoms with van der Waals surface area (Å²) in [5, 5.41) is -6.17. The van der Waals surface area contributed by atoms with E-state index in [2.05, 4.69) is 0 Å². The van der Waals surface area contributed by atoms with E-state index < -0.39 is 51.8 Å². The highest BCUT2D eigenvalue weighted by molar-refractivity contribution is 8.00. The van der Waals surface area contributed by atoms with E-state index in [1.54, 1.807) is 0 Å². The second kappa shape index (κ2) is 6.62. The first-order valence-electron chi connectivity index (χ1n) is 6.44. The summed E-state index contributed by atoms with van der Waals surface area (Å²) in [6.45, 7) is 1.41. The molecule has 0 unspecified atom stereocenters. The molecule has 0 fully saturated rings. The first-order valence-corrected chi connectivity index (χ1v) is 7.25. The lowest BCUT2D eigenvalue weighted by Crippen LogP contribution is -2.69. The molecule has 1 aromatic rings.